The number of rotatable bonds is 4. The number of fused-ring (bicyclic) bond motifs is 1. The highest BCUT2D eigenvalue weighted by Crippen LogP contribution is 2.31. The zero-order valence-corrected chi connectivity index (χ0v) is 12.7. The van der Waals surface area contributed by atoms with Gasteiger partial charge in [-0.2, -0.15) is 0 Å². The summed E-state index contributed by atoms with van der Waals surface area (Å²) in [6, 6.07) is 6.89. The van der Waals surface area contributed by atoms with E-state index in [2.05, 4.69) is 32.0 Å². The van der Waals surface area contributed by atoms with Crippen molar-refractivity contribution in [3.8, 4) is 0 Å². The van der Waals surface area contributed by atoms with E-state index in [0.29, 0.717) is 6.04 Å². The van der Waals surface area contributed by atoms with Crippen LogP contribution >= 0.6 is 11.6 Å². The van der Waals surface area contributed by atoms with Gasteiger partial charge >= 0.3 is 0 Å². The molecule has 0 saturated heterocycles. The molecule has 21 heavy (non-hydrogen) atoms. The SMILES string of the molecule is Clc1cccc(N2CCn3ccnc3C2)c1CNC1CC1. The molecular weight excluding hydrogens is 284 g/mol. The van der Waals surface area contributed by atoms with E-state index in [9.17, 15) is 0 Å². The van der Waals surface area contributed by atoms with Gasteiger partial charge < -0.3 is 14.8 Å². The topological polar surface area (TPSA) is 33.1 Å². The molecule has 4 rings (SSSR count). The van der Waals surface area contributed by atoms with Crippen molar-refractivity contribution < 1.29 is 0 Å². The largest absolute Gasteiger partial charge is 0.362 e. The van der Waals surface area contributed by atoms with Gasteiger partial charge in [0.1, 0.15) is 5.82 Å². The average molecular weight is 303 g/mol. The number of hydrogen-bond donors (Lipinski definition) is 1. The lowest BCUT2D eigenvalue weighted by Crippen LogP contribution is -2.34. The molecule has 2 aromatic rings. The molecule has 0 unspecified atom stereocenters. The van der Waals surface area contributed by atoms with Crippen LogP contribution in [0.15, 0.2) is 30.6 Å². The van der Waals surface area contributed by atoms with Crippen LogP contribution in [0, 0.1) is 0 Å². The van der Waals surface area contributed by atoms with Gasteiger partial charge in [-0.25, -0.2) is 4.98 Å². The molecule has 4 nitrogen and oxygen atoms in total. The minimum absolute atomic E-state index is 0.689. The Hall–Kier alpha value is -1.52. The third-order valence-electron chi connectivity index (χ3n) is 4.32. The van der Waals surface area contributed by atoms with Gasteiger partial charge in [0.2, 0.25) is 0 Å². The lowest BCUT2D eigenvalue weighted by molar-refractivity contribution is 0.557. The fourth-order valence-electron chi connectivity index (χ4n) is 2.93. The first kappa shape index (κ1) is 13.2. The molecule has 1 saturated carbocycles. The molecule has 1 aliphatic carbocycles. The van der Waals surface area contributed by atoms with Crippen LogP contribution < -0.4 is 10.2 Å². The molecule has 0 amide bonds. The van der Waals surface area contributed by atoms with Crippen molar-refractivity contribution in [2.24, 2.45) is 0 Å². The van der Waals surface area contributed by atoms with Crippen molar-refractivity contribution in [2.45, 2.75) is 38.5 Å². The molecule has 2 heterocycles. The summed E-state index contributed by atoms with van der Waals surface area (Å²) in [6.45, 7) is 3.69. The fourth-order valence-corrected chi connectivity index (χ4v) is 3.17. The smallest absolute Gasteiger partial charge is 0.128 e. The quantitative estimate of drug-likeness (QED) is 0.943. The van der Waals surface area contributed by atoms with Gasteiger partial charge in [0, 0.05) is 54.3 Å². The van der Waals surface area contributed by atoms with Crippen LogP contribution in [0.2, 0.25) is 5.02 Å². The summed E-state index contributed by atoms with van der Waals surface area (Å²) in [6.07, 6.45) is 6.52. The Labute approximate surface area is 129 Å². The van der Waals surface area contributed by atoms with Gasteiger partial charge in [0.05, 0.1) is 6.54 Å². The second-order valence-corrected chi connectivity index (χ2v) is 6.26. The maximum atomic E-state index is 6.44. The Bertz CT molecular complexity index is 647. The van der Waals surface area contributed by atoms with Crippen molar-refractivity contribution in [3.63, 3.8) is 0 Å². The zero-order chi connectivity index (χ0) is 14.2. The van der Waals surface area contributed by atoms with Gasteiger partial charge in [-0.1, -0.05) is 17.7 Å². The molecule has 1 fully saturated rings. The highest BCUT2D eigenvalue weighted by Gasteiger charge is 2.23. The molecular formula is C16H19ClN4. The first-order valence-corrected chi connectivity index (χ1v) is 7.95. The summed E-state index contributed by atoms with van der Waals surface area (Å²) >= 11 is 6.44. The third-order valence-corrected chi connectivity index (χ3v) is 4.68. The minimum Gasteiger partial charge on any atom is -0.362 e. The maximum absolute atomic E-state index is 6.44. The van der Waals surface area contributed by atoms with Crippen LogP contribution in [0.4, 0.5) is 5.69 Å². The molecule has 5 heteroatoms. The molecule has 0 spiro atoms. The predicted octanol–water partition coefficient (Wildman–Crippen LogP) is 2.81. The molecule has 1 aromatic heterocycles. The number of hydrogen-bond acceptors (Lipinski definition) is 3. The lowest BCUT2D eigenvalue weighted by Gasteiger charge is -2.31. The number of nitrogens with one attached hydrogen (secondary N) is 1. The number of anilines is 1. The van der Waals surface area contributed by atoms with Crippen LogP contribution in [0.25, 0.3) is 0 Å². The Balaban J connectivity index is 1.60. The van der Waals surface area contributed by atoms with Gasteiger partial charge in [-0.05, 0) is 25.0 Å². The summed E-state index contributed by atoms with van der Waals surface area (Å²) in [5.41, 5.74) is 2.45. The fraction of sp³-hybridized carbons (Fsp3) is 0.438. The maximum Gasteiger partial charge on any atom is 0.128 e. The van der Waals surface area contributed by atoms with Gasteiger partial charge in [0.25, 0.3) is 0 Å². The Morgan fingerprint density at radius 3 is 3.05 bits per heavy atom. The molecule has 0 radical (unpaired) electrons. The molecule has 1 aromatic carbocycles. The van der Waals surface area contributed by atoms with E-state index in [1.807, 2.05) is 18.3 Å². The highest BCUT2D eigenvalue weighted by atomic mass is 35.5. The van der Waals surface area contributed by atoms with E-state index in [-0.39, 0.29) is 0 Å². The van der Waals surface area contributed by atoms with Crippen LogP contribution in [-0.4, -0.2) is 22.1 Å². The first-order valence-electron chi connectivity index (χ1n) is 7.57. The zero-order valence-electron chi connectivity index (χ0n) is 11.9. The van der Waals surface area contributed by atoms with E-state index in [4.69, 9.17) is 11.6 Å². The molecule has 0 bridgehead atoms. The van der Waals surface area contributed by atoms with Crippen molar-refractivity contribution >= 4 is 17.3 Å². The second kappa shape index (κ2) is 5.35. The molecule has 1 N–H and O–H groups in total. The Morgan fingerprint density at radius 1 is 1.29 bits per heavy atom. The number of nitrogens with zero attached hydrogens (tertiary/aromatic N) is 3. The Morgan fingerprint density at radius 2 is 2.19 bits per heavy atom. The molecule has 110 valence electrons. The molecule has 2 aliphatic rings. The predicted molar refractivity (Wildman–Crippen MR) is 84.6 cm³/mol. The second-order valence-electron chi connectivity index (χ2n) is 5.85. The number of benzene rings is 1. The van der Waals surface area contributed by atoms with Crippen molar-refractivity contribution in [1.29, 1.82) is 0 Å². The van der Waals surface area contributed by atoms with E-state index in [0.717, 1.165) is 37.0 Å². The van der Waals surface area contributed by atoms with Crippen LogP contribution in [0.1, 0.15) is 24.2 Å². The van der Waals surface area contributed by atoms with Crippen molar-refractivity contribution in [3.05, 3.63) is 47.0 Å². The number of aromatic nitrogens is 2. The van der Waals surface area contributed by atoms with Crippen molar-refractivity contribution in [1.82, 2.24) is 14.9 Å². The monoisotopic (exact) mass is 302 g/mol. The van der Waals surface area contributed by atoms with E-state index in [1.165, 1.54) is 24.1 Å². The molecule has 1 aliphatic heterocycles. The first-order chi connectivity index (χ1) is 10.3. The summed E-state index contributed by atoms with van der Waals surface area (Å²) in [4.78, 5) is 6.83. The average Bonchev–Trinajstić information content (AvgIpc) is 3.21. The summed E-state index contributed by atoms with van der Waals surface area (Å²) in [5.74, 6) is 1.13. The van der Waals surface area contributed by atoms with Gasteiger partial charge in [-0.15, -0.1) is 0 Å². The van der Waals surface area contributed by atoms with E-state index < -0.39 is 0 Å². The highest BCUT2D eigenvalue weighted by molar-refractivity contribution is 6.31. The Kier molecular flexibility index (Phi) is 3.36. The normalized spacial score (nSPS) is 17.9. The third kappa shape index (κ3) is 2.65. The minimum atomic E-state index is 0.689. The van der Waals surface area contributed by atoms with Crippen LogP contribution in [0.3, 0.4) is 0 Å². The summed E-state index contributed by atoms with van der Waals surface area (Å²) in [5, 5.41) is 4.43. The van der Waals surface area contributed by atoms with Gasteiger partial charge in [-0.3, -0.25) is 0 Å². The summed E-state index contributed by atoms with van der Waals surface area (Å²) in [7, 11) is 0. The lowest BCUT2D eigenvalue weighted by atomic mass is 10.1. The van der Waals surface area contributed by atoms with Gasteiger partial charge in [0.15, 0.2) is 0 Å². The summed E-state index contributed by atoms with van der Waals surface area (Å²) < 4.78 is 2.23. The standard InChI is InChI=1S/C16H19ClN4/c17-14-2-1-3-15(13(14)10-19-12-4-5-12)21-9-8-20-7-6-18-16(20)11-21/h1-3,6-7,12,19H,4-5,8-11H2. The van der Waals surface area contributed by atoms with Crippen molar-refractivity contribution in [2.75, 3.05) is 11.4 Å². The van der Waals surface area contributed by atoms with Crippen LogP contribution in [0.5, 0.6) is 0 Å². The number of halogens is 1. The van der Waals surface area contributed by atoms with Crippen LogP contribution in [-0.2, 0) is 19.6 Å². The number of imidazole rings is 1. The molecule has 0 atom stereocenters. The van der Waals surface area contributed by atoms with E-state index in [1.54, 1.807) is 0 Å². The van der Waals surface area contributed by atoms with E-state index >= 15 is 0 Å².